The molecule has 0 aliphatic heterocycles. The van der Waals surface area contributed by atoms with Gasteiger partial charge in [0.1, 0.15) is 5.76 Å². The van der Waals surface area contributed by atoms with Crippen LogP contribution in [0.5, 0.6) is 0 Å². The lowest BCUT2D eigenvalue weighted by molar-refractivity contribution is 0.105. The fourth-order valence-corrected chi connectivity index (χ4v) is 1.92. The first-order valence-corrected chi connectivity index (χ1v) is 5.46. The predicted molar refractivity (Wildman–Crippen MR) is 64.3 cm³/mol. The summed E-state index contributed by atoms with van der Waals surface area (Å²) in [5.74, 6) is 0.584. The number of hydrogen-bond donors (Lipinski definition) is 0. The molecule has 2 rings (SSSR count). The van der Waals surface area contributed by atoms with E-state index in [9.17, 15) is 4.79 Å². The highest BCUT2D eigenvalue weighted by Crippen LogP contribution is 2.28. The van der Waals surface area contributed by atoms with Gasteiger partial charge in [0.25, 0.3) is 5.24 Å². The Balaban J connectivity index is 2.46. The number of carbonyl (C=O) groups is 1. The minimum absolute atomic E-state index is 0.0905. The third-order valence-corrected chi connectivity index (χ3v) is 2.57. The Labute approximate surface area is 107 Å². The van der Waals surface area contributed by atoms with Gasteiger partial charge < -0.3 is 4.42 Å². The van der Waals surface area contributed by atoms with Crippen LogP contribution in [0, 0.1) is 0 Å². The molecule has 0 atom stereocenters. The molecule has 2 nitrogen and oxygen atoms in total. The summed E-state index contributed by atoms with van der Waals surface area (Å²) in [4.78, 5) is 10.8. The van der Waals surface area contributed by atoms with Crippen molar-refractivity contribution in [3.63, 3.8) is 0 Å². The van der Waals surface area contributed by atoms with Gasteiger partial charge in [-0.1, -0.05) is 23.2 Å². The molecule has 0 spiro atoms. The van der Waals surface area contributed by atoms with Crippen LogP contribution in [-0.4, -0.2) is 5.24 Å². The second-order valence-corrected chi connectivity index (χ2v) is 4.31. The van der Waals surface area contributed by atoms with E-state index < -0.39 is 5.24 Å². The van der Waals surface area contributed by atoms with Gasteiger partial charge in [-0.2, -0.15) is 0 Å². The zero-order valence-corrected chi connectivity index (χ0v) is 10.1. The summed E-state index contributed by atoms with van der Waals surface area (Å²) in [6.45, 7) is 0. The summed E-state index contributed by atoms with van der Waals surface area (Å²) >= 11 is 17.0. The monoisotopic (exact) mass is 274 g/mol. The van der Waals surface area contributed by atoms with Crippen molar-refractivity contribution in [2.45, 2.75) is 0 Å². The van der Waals surface area contributed by atoms with Crippen LogP contribution in [0.25, 0.3) is 11.3 Å². The first kappa shape index (κ1) is 11.5. The normalized spacial score (nSPS) is 10.4. The molecule has 0 saturated carbocycles. The average Bonchev–Trinajstić information content (AvgIpc) is 2.64. The van der Waals surface area contributed by atoms with Gasteiger partial charge in [-0.05, 0) is 41.9 Å². The summed E-state index contributed by atoms with van der Waals surface area (Å²) in [6, 6.07) is 8.13. The van der Waals surface area contributed by atoms with Crippen molar-refractivity contribution in [3.05, 3.63) is 46.1 Å². The largest absolute Gasteiger partial charge is 0.452 e. The van der Waals surface area contributed by atoms with E-state index in [2.05, 4.69) is 0 Å². The molecule has 0 aliphatic carbocycles. The van der Waals surface area contributed by atoms with Crippen LogP contribution < -0.4 is 0 Å². The Hall–Kier alpha value is -0.960. The second kappa shape index (κ2) is 4.50. The highest BCUT2D eigenvalue weighted by Gasteiger charge is 2.10. The summed E-state index contributed by atoms with van der Waals surface area (Å²) in [5.41, 5.74) is 0.696. The molecule has 0 aliphatic rings. The highest BCUT2D eigenvalue weighted by atomic mass is 35.5. The van der Waals surface area contributed by atoms with Gasteiger partial charge in [-0.15, -0.1) is 0 Å². The van der Waals surface area contributed by atoms with E-state index in [0.717, 1.165) is 0 Å². The van der Waals surface area contributed by atoms with Crippen molar-refractivity contribution in [2.24, 2.45) is 0 Å². The van der Waals surface area contributed by atoms with Gasteiger partial charge >= 0.3 is 0 Å². The molecule has 2 aromatic rings. The minimum Gasteiger partial charge on any atom is -0.452 e. The van der Waals surface area contributed by atoms with Gasteiger partial charge in [0.15, 0.2) is 5.76 Å². The van der Waals surface area contributed by atoms with Gasteiger partial charge in [0.05, 0.1) is 0 Å². The summed E-state index contributed by atoms with van der Waals surface area (Å²) in [6.07, 6.45) is 0. The molecule has 1 aromatic carbocycles. The molecule has 0 amide bonds. The predicted octanol–water partition coefficient (Wildman–Crippen LogP) is 4.63. The zero-order valence-electron chi connectivity index (χ0n) is 7.84. The van der Waals surface area contributed by atoms with Crippen molar-refractivity contribution in [1.82, 2.24) is 0 Å². The van der Waals surface area contributed by atoms with Crippen molar-refractivity contribution >= 4 is 40.0 Å². The standard InChI is InChI=1S/C11H5Cl3O2/c12-7-3-6(4-8(13)5-7)9-1-2-10(16-9)11(14)15/h1-5H. The molecular weight excluding hydrogens is 270 g/mol. The molecular formula is C11H5Cl3O2. The van der Waals surface area contributed by atoms with Gasteiger partial charge in [-0.25, -0.2) is 0 Å². The van der Waals surface area contributed by atoms with E-state index in [1.807, 2.05) is 0 Å². The van der Waals surface area contributed by atoms with Crippen molar-refractivity contribution in [1.29, 1.82) is 0 Å². The molecule has 16 heavy (non-hydrogen) atoms. The fourth-order valence-electron chi connectivity index (χ4n) is 1.29. The number of benzene rings is 1. The number of furan rings is 1. The molecule has 5 heteroatoms. The Morgan fingerprint density at radius 1 is 1.06 bits per heavy atom. The third kappa shape index (κ3) is 2.40. The van der Waals surface area contributed by atoms with Gasteiger partial charge in [-0.3, -0.25) is 4.79 Å². The Morgan fingerprint density at radius 3 is 2.19 bits per heavy atom. The second-order valence-electron chi connectivity index (χ2n) is 3.10. The SMILES string of the molecule is O=C(Cl)c1ccc(-c2cc(Cl)cc(Cl)c2)o1. The number of hydrogen-bond acceptors (Lipinski definition) is 2. The van der Waals surface area contributed by atoms with Crippen LogP contribution in [0.1, 0.15) is 10.6 Å². The minimum atomic E-state index is -0.639. The third-order valence-electron chi connectivity index (χ3n) is 1.95. The Morgan fingerprint density at radius 2 is 1.69 bits per heavy atom. The highest BCUT2D eigenvalue weighted by molar-refractivity contribution is 6.67. The maximum absolute atomic E-state index is 10.8. The fraction of sp³-hybridized carbons (Fsp3) is 0. The zero-order chi connectivity index (χ0) is 11.7. The van der Waals surface area contributed by atoms with E-state index >= 15 is 0 Å². The number of halogens is 3. The molecule has 0 N–H and O–H groups in total. The lowest BCUT2D eigenvalue weighted by Gasteiger charge is -1.99. The molecule has 1 aromatic heterocycles. The van der Waals surface area contributed by atoms with Crippen LogP contribution in [0.15, 0.2) is 34.7 Å². The summed E-state index contributed by atoms with van der Waals surface area (Å²) in [5, 5.41) is 0.356. The molecule has 0 bridgehead atoms. The van der Waals surface area contributed by atoms with Crippen LogP contribution in [0.4, 0.5) is 0 Å². The van der Waals surface area contributed by atoms with Crippen LogP contribution in [-0.2, 0) is 0 Å². The van der Waals surface area contributed by atoms with E-state index in [1.54, 1.807) is 24.3 Å². The summed E-state index contributed by atoms with van der Waals surface area (Å²) < 4.78 is 5.24. The molecule has 0 saturated heterocycles. The Bertz CT molecular complexity index is 526. The van der Waals surface area contributed by atoms with E-state index in [1.165, 1.54) is 6.07 Å². The smallest absolute Gasteiger partial charge is 0.287 e. The Kier molecular flexibility index (Phi) is 3.24. The lowest BCUT2D eigenvalue weighted by atomic mass is 10.2. The average molecular weight is 276 g/mol. The van der Waals surface area contributed by atoms with Crippen LogP contribution in [0.2, 0.25) is 10.0 Å². The van der Waals surface area contributed by atoms with E-state index in [-0.39, 0.29) is 5.76 Å². The maximum Gasteiger partial charge on any atom is 0.287 e. The van der Waals surface area contributed by atoms with Gasteiger partial charge in [0, 0.05) is 15.6 Å². The molecule has 1 heterocycles. The quantitative estimate of drug-likeness (QED) is 0.748. The topological polar surface area (TPSA) is 30.2 Å². The number of carbonyl (C=O) groups excluding carboxylic acids is 1. The molecule has 0 unspecified atom stereocenters. The molecule has 0 fully saturated rings. The van der Waals surface area contributed by atoms with Crippen LogP contribution >= 0.6 is 34.8 Å². The molecule has 82 valence electrons. The summed E-state index contributed by atoms with van der Waals surface area (Å²) in [7, 11) is 0. The van der Waals surface area contributed by atoms with E-state index in [4.69, 9.17) is 39.2 Å². The van der Waals surface area contributed by atoms with Crippen molar-refractivity contribution < 1.29 is 9.21 Å². The van der Waals surface area contributed by atoms with Crippen molar-refractivity contribution in [3.8, 4) is 11.3 Å². The van der Waals surface area contributed by atoms with Gasteiger partial charge in [0.2, 0.25) is 0 Å². The number of rotatable bonds is 2. The lowest BCUT2D eigenvalue weighted by Crippen LogP contribution is -1.82. The van der Waals surface area contributed by atoms with E-state index in [0.29, 0.717) is 21.4 Å². The molecule has 0 radical (unpaired) electrons. The first-order chi connectivity index (χ1) is 7.56. The van der Waals surface area contributed by atoms with Crippen molar-refractivity contribution in [2.75, 3.05) is 0 Å². The van der Waals surface area contributed by atoms with Crippen LogP contribution in [0.3, 0.4) is 0 Å². The maximum atomic E-state index is 10.8. The first-order valence-electron chi connectivity index (χ1n) is 4.32.